The molecule has 7 heteroatoms. The van der Waals surface area contributed by atoms with Crippen LogP contribution in [-0.4, -0.2) is 42.1 Å². The minimum atomic E-state index is -0.307. The molecule has 7 nitrogen and oxygen atoms in total. The molecule has 0 aliphatic carbocycles. The number of benzene rings is 1. The Hall–Kier alpha value is -3.42. The summed E-state index contributed by atoms with van der Waals surface area (Å²) in [5, 5.41) is 0. The van der Waals surface area contributed by atoms with Gasteiger partial charge in [-0.3, -0.25) is 4.57 Å². The van der Waals surface area contributed by atoms with Crippen LogP contribution >= 0.6 is 0 Å². The van der Waals surface area contributed by atoms with Crippen molar-refractivity contribution in [3.63, 3.8) is 0 Å². The predicted molar refractivity (Wildman–Crippen MR) is 125 cm³/mol. The fourth-order valence-corrected chi connectivity index (χ4v) is 4.20. The Kier molecular flexibility index (Phi) is 5.98. The van der Waals surface area contributed by atoms with Crippen molar-refractivity contribution in [1.82, 2.24) is 9.55 Å². The first-order valence-electron chi connectivity index (χ1n) is 11.1. The SMILES string of the molecule is C=C/C=C\c1oc(-c2ccc3c(c2)CCn2c-3cc(OCC3COCCO3)nc2=O)cc1C. The minimum Gasteiger partial charge on any atom is -0.475 e. The van der Waals surface area contributed by atoms with E-state index < -0.39 is 0 Å². The topological polar surface area (TPSA) is 75.7 Å². The number of rotatable bonds is 6. The van der Waals surface area contributed by atoms with Crippen LogP contribution in [0.4, 0.5) is 0 Å². The number of furan rings is 1. The van der Waals surface area contributed by atoms with E-state index in [1.165, 1.54) is 0 Å². The van der Waals surface area contributed by atoms with Gasteiger partial charge in [0, 0.05) is 23.7 Å². The van der Waals surface area contributed by atoms with Gasteiger partial charge in [0.25, 0.3) is 0 Å². The van der Waals surface area contributed by atoms with E-state index in [0.717, 1.165) is 45.9 Å². The van der Waals surface area contributed by atoms with Crippen LogP contribution in [0.25, 0.3) is 28.7 Å². The highest BCUT2D eigenvalue weighted by Gasteiger charge is 2.21. The lowest BCUT2D eigenvalue weighted by Crippen LogP contribution is -2.34. The van der Waals surface area contributed by atoms with Crippen LogP contribution in [0.3, 0.4) is 0 Å². The predicted octanol–water partition coefficient (Wildman–Crippen LogP) is 4.03. The Morgan fingerprint density at radius 3 is 3.00 bits per heavy atom. The molecule has 1 atom stereocenters. The molecule has 4 heterocycles. The molecule has 0 amide bonds. The molecule has 2 aliphatic rings. The van der Waals surface area contributed by atoms with Gasteiger partial charge in [-0.2, -0.15) is 4.98 Å². The fourth-order valence-electron chi connectivity index (χ4n) is 4.20. The highest BCUT2D eigenvalue weighted by atomic mass is 16.6. The zero-order valence-electron chi connectivity index (χ0n) is 18.6. The Bertz CT molecular complexity index is 1260. The Labute approximate surface area is 191 Å². The van der Waals surface area contributed by atoms with E-state index in [0.29, 0.717) is 38.9 Å². The number of hydrogen-bond donors (Lipinski definition) is 0. The van der Waals surface area contributed by atoms with Gasteiger partial charge in [0.1, 0.15) is 24.2 Å². The zero-order valence-corrected chi connectivity index (χ0v) is 18.6. The van der Waals surface area contributed by atoms with Gasteiger partial charge in [-0.05, 0) is 42.7 Å². The second-order valence-electron chi connectivity index (χ2n) is 8.17. The molecule has 1 saturated heterocycles. The second kappa shape index (κ2) is 9.21. The molecule has 2 aliphatic heterocycles. The molecule has 33 heavy (non-hydrogen) atoms. The average molecular weight is 447 g/mol. The van der Waals surface area contributed by atoms with Crippen molar-refractivity contribution in [2.45, 2.75) is 26.0 Å². The van der Waals surface area contributed by atoms with E-state index in [1.807, 2.05) is 43.3 Å². The number of ether oxygens (including phenoxy) is 3. The number of hydrogen-bond acceptors (Lipinski definition) is 6. The first-order chi connectivity index (χ1) is 16.1. The molecule has 0 spiro atoms. The quantitative estimate of drug-likeness (QED) is 0.532. The van der Waals surface area contributed by atoms with E-state index >= 15 is 0 Å². The molecule has 0 bridgehead atoms. The Balaban J connectivity index is 1.43. The smallest absolute Gasteiger partial charge is 0.351 e. The molecule has 1 aromatic carbocycles. The molecule has 170 valence electrons. The van der Waals surface area contributed by atoms with Gasteiger partial charge in [-0.1, -0.05) is 30.9 Å². The van der Waals surface area contributed by atoms with Gasteiger partial charge in [-0.25, -0.2) is 4.79 Å². The molecule has 1 fully saturated rings. The summed E-state index contributed by atoms with van der Waals surface area (Å²) in [5.41, 5.74) is 4.73. The van der Waals surface area contributed by atoms with Crippen molar-refractivity contribution in [2.24, 2.45) is 0 Å². The van der Waals surface area contributed by atoms with Crippen LogP contribution in [0.2, 0.25) is 0 Å². The maximum atomic E-state index is 12.6. The van der Waals surface area contributed by atoms with Crippen molar-refractivity contribution < 1.29 is 18.6 Å². The van der Waals surface area contributed by atoms with Gasteiger partial charge >= 0.3 is 5.69 Å². The molecular formula is C26H26N2O5. The molecule has 0 radical (unpaired) electrons. The van der Waals surface area contributed by atoms with Gasteiger partial charge in [-0.15, -0.1) is 0 Å². The van der Waals surface area contributed by atoms with E-state index in [2.05, 4.69) is 17.6 Å². The van der Waals surface area contributed by atoms with Gasteiger partial charge < -0.3 is 18.6 Å². The van der Waals surface area contributed by atoms with E-state index in [-0.39, 0.29) is 11.8 Å². The van der Waals surface area contributed by atoms with E-state index in [1.54, 1.807) is 10.6 Å². The van der Waals surface area contributed by atoms with Gasteiger partial charge in [0.15, 0.2) is 0 Å². The van der Waals surface area contributed by atoms with Crippen LogP contribution in [-0.2, 0) is 22.4 Å². The molecule has 1 unspecified atom stereocenters. The summed E-state index contributed by atoms with van der Waals surface area (Å²) in [6.45, 7) is 8.22. The molecule has 0 N–H and O–H groups in total. The summed E-state index contributed by atoms with van der Waals surface area (Å²) in [4.78, 5) is 16.8. The lowest BCUT2D eigenvalue weighted by Gasteiger charge is -2.24. The standard InChI is InChI=1S/C26H26N2O5/c1-3-4-5-23-17(2)12-24(33-23)19-6-7-21-18(13-19)8-9-28-22(21)14-25(27-26(28)29)32-16-20-15-30-10-11-31-20/h3-7,12-14,20H,1,8-11,15-16H2,2H3/b5-4-. The summed E-state index contributed by atoms with van der Waals surface area (Å²) < 4.78 is 24.5. The monoisotopic (exact) mass is 446 g/mol. The normalized spacial score (nSPS) is 17.5. The summed E-state index contributed by atoms with van der Waals surface area (Å²) in [6.07, 6.45) is 6.08. The van der Waals surface area contributed by atoms with Crippen molar-refractivity contribution in [1.29, 1.82) is 0 Å². The summed E-state index contributed by atoms with van der Waals surface area (Å²) in [6, 6.07) is 10.1. The van der Waals surface area contributed by atoms with Gasteiger partial charge in [0.2, 0.25) is 5.88 Å². The first-order valence-corrected chi connectivity index (χ1v) is 11.1. The lowest BCUT2D eigenvalue weighted by atomic mass is 9.95. The maximum absolute atomic E-state index is 12.6. The molecule has 2 aromatic heterocycles. The van der Waals surface area contributed by atoms with Crippen molar-refractivity contribution in [3.05, 3.63) is 76.4 Å². The molecule has 5 rings (SSSR count). The van der Waals surface area contributed by atoms with Crippen LogP contribution in [0, 0.1) is 6.92 Å². The molecule has 0 saturated carbocycles. The Morgan fingerprint density at radius 1 is 1.27 bits per heavy atom. The average Bonchev–Trinajstić information content (AvgIpc) is 3.22. The van der Waals surface area contributed by atoms with Gasteiger partial charge in [0.05, 0.1) is 25.5 Å². The minimum absolute atomic E-state index is 0.155. The van der Waals surface area contributed by atoms with Crippen LogP contribution in [0.15, 0.2) is 58.3 Å². The zero-order chi connectivity index (χ0) is 22.8. The van der Waals surface area contributed by atoms with Crippen molar-refractivity contribution in [3.8, 4) is 28.5 Å². The summed E-state index contributed by atoms with van der Waals surface area (Å²) in [7, 11) is 0. The second-order valence-corrected chi connectivity index (χ2v) is 8.17. The highest BCUT2D eigenvalue weighted by Crippen LogP contribution is 2.34. The molecule has 3 aromatic rings. The van der Waals surface area contributed by atoms with Crippen molar-refractivity contribution >= 4 is 6.08 Å². The maximum Gasteiger partial charge on any atom is 0.351 e. The van der Waals surface area contributed by atoms with E-state index in [9.17, 15) is 4.79 Å². The largest absolute Gasteiger partial charge is 0.475 e. The number of aryl methyl sites for hydroxylation is 2. The van der Waals surface area contributed by atoms with E-state index in [4.69, 9.17) is 18.6 Å². The summed E-state index contributed by atoms with van der Waals surface area (Å²) >= 11 is 0. The third-order valence-corrected chi connectivity index (χ3v) is 5.90. The highest BCUT2D eigenvalue weighted by molar-refractivity contribution is 5.72. The first kappa shape index (κ1) is 21.4. The van der Waals surface area contributed by atoms with Crippen LogP contribution < -0.4 is 10.4 Å². The summed E-state index contributed by atoms with van der Waals surface area (Å²) in [5.74, 6) is 1.94. The fraction of sp³-hybridized carbons (Fsp3) is 0.308. The third kappa shape index (κ3) is 4.42. The molecular weight excluding hydrogens is 420 g/mol. The number of nitrogens with zero attached hydrogens (tertiary/aromatic N) is 2. The number of aromatic nitrogens is 2. The Morgan fingerprint density at radius 2 is 2.18 bits per heavy atom. The number of fused-ring (bicyclic) bond motifs is 3. The van der Waals surface area contributed by atoms with Crippen molar-refractivity contribution in [2.75, 3.05) is 26.4 Å². The van der Waals surface area contributed by atoms with Crippen LogP contribution in [0.5, 0.6) is 5.88 Å². The number of allylic oxidation sites excluding steroid dienone is 2. The third-order valence-electron chi connectivity index (χ3n) is 5.90. The van der Waals surface area contributed by atoms with Crippen LogP contribution in [0.1, 0.15) is 16.9 Å². The lowest BCUT2D eigenvalue weighted by molar-refractivity contribution is -0.102.